The molecule has 2 aliphatic carbocycles. The molecule has 0 aliphatic heterocycles. The molecule has 2 fully saturated rings. The summed E-state index contributed by atoms with van der Waals surface area (Å²) in [7, 11) is 3.56. The summed E-state index contributed by atoms with van der Waals surface area (Å²) >= 11 is 1.04. The second kappa shape index (κ2) is 5.10. The van der Waals surface area contributed by atoms with Crippen molar-refractivity contribution in [3.8, 4) is 0 Å². The molecule has 2 aliphatic rings. The van der Waals surface area contributed by atoms with Crippen molar-refractivity contribution in [1.29, 1.82) is 0 Å². The fourth-order valence-corrected chi connectivity index (χ4v) is 4.55. The standard InChI is InChI=1S/C15H19NO4S/c1-16(11-8-12(20-2)15(11)6-3-7-15)13(17)9-4-5-10(21-9)14(18)19/h4-5,11-12H,3,6-8H2,1-2H3,(H,18,19). The van der Waals surface area contributed by atoms with E-state index in [9.17, 15) is 9.59 Å². The van der Waals surface area contributed by atoms with Crippen molar-refractivity contribution in [3.05, 3.63) is 21.9 Å². The zero-order chi connectivity index (χ0) is 15.2. The average Bonchev–Trinajstić information content (AvgIpc) is 2.84. The first kappa shape index (κ1) is 14.5. The van der Waals surface area contributed by atoms with Gasteiger partial charge in [-0.2, -0.15) is 0 Å². The molecule has 0 aromatic carbocycles. The van der Waals surface area contributed by atoms with Crippen LogP contribution in [0.25, 0.3) is 0 Å². The lowest BCUT2D eigenvalue weighted by atomic mass is 9.50. The molecule has 1 amide bonds. The Morgan fingerprint density at radius 3 is 2.52 bits per heavy atom. The number of thiophene rings is 1. The Morgan fingerprint density at radius 2 is 2.05 bits per heavy atom. The minimum Gasteiger partial charge on any atom is -0.477 e. The van der Waals surface area contributed by atoms with Crippen LogP contribution in [-0.4, -0.2) is 48.2 Å². The van der Waals surface area contributed by atoms with Gasteiger partial charge in [-0.1, -0.05) is 6.42 Å². The minimum absolute atomic E-state index is 0.0849. The van der Waals surface area contributed by atoms with Gasteiger partial charge in [-0.25, -0.2) is 4.79 Å². The van der Waals surface area contributed by atoms with Gasteiger partial charge in [-0.3, -0.25) is 4.79 Å². The maximum absolute atomic E-state index is 12.5. The summed E-state index contributed by atoms with van der Waals surface area (Å²) in [5.74, 6) is -1.07. The quantitative estimate of drug-likeness (QED) is 0.928. The van der Waals surface area contributed by atoms with Gasteiger partial charge in [0.15, 0.2) is 0 Å². The third kappa shape index (κ3) is 2.08. The van der Waals surface area contributed by atoms with Gasteiger partial charge in [-0.05, 0) is 31.4 Å². The average molecular weight is 309 g/mol. The molecule has 5 nitrogen and oxygen atoms in total. The molecule has 2 atom stereocenters. The van der Waals surface area contributed by atoms with Crippen LogP contribution in [0.1, 0.15) is 45.0 Å². The van der Waals surface area contributed by atoms with Crippen molar-refractivity contribution in [1.82, 2.24) is 4.90 Å². The molecular weight excluding hydrogens is 290 g/mol. The largest absolute Gasteiger partial charge is 0.477 e. The SMILES string of the molecule is COC1CC(N(C)C(=O)c2ccc(C(=O)O)s2)C12CCC2. The van der Waals surface area contributed by atoms with Gasteiger partial charge in [0, 0.05) is 25.6 Å². The van der Waals surface area contributed by atoms with Gasteiger partial charge in [0.2, 0.25) is 0 Å². The molecule has 1 heterocycles. The molecule has 1 N–H and O–H groups in total. The van der Waals surface area contributed by atoms with E-state index in [0.29, 0.717) is 4.88 Å². The maximum atomic E-state index is 12.5. The Morgan fingerprint density at radius 1 is 1.38 bits per heavy atom. The first-order valence-electron chi connectivity index (χ1n) is 7.12. The van der Waals surface area contributed by atoms with E-state index in [0.717, 1.165) is 30.6 Å². The van der Waals surface area contributed by atoms with Crippen molar-refractivity contribution in [3.63, 3.8) is 0 Å². The first-order valence-corrected chi connectivity index (χ1v) is 7.94. The smallest absolute Gasteiger partial charge is 0.345 e. The van der Waals surface area contributed by atoms with Crippen LogP contribution >= 0.6 is 11.3 Å². The number of aromatic carboxylic acids is 1. The normalized spacial score (nSPS) is 26.0. The molecule has 0 bridgehead atoms. The summed E-state index contributed by atoms with van der Waals surface area (Å²) in [5.41, 5.74) is 0.131. The number of ether oxygens (including phenoxy) is 1. The Kier molecular flexibility index (Phi) is 3.53. The van der Waals surface area contributed by atoms with Crippen molar-refractivity contribution in [2.24, 2.45) is 5.41 Å². The number of carbonyl (C=O) groups excluding carboxylic acids is 1. The van der Waals surface area contributed by atoms with Crippen LogP contribution in [0.4, 0.5) is 0 Å². The number of carboxylic acids is 1. The zero-order valence-electron chi connectivity index (χ0n) is 12.2. The summed E-state index contributed by atoms with van der Waals surface area (Å²) in [6.45, 7) is 0. The van der Waals surface area contributed by atoms with Crippen LogP contribution in [0.3, 0.4) is 0 Å². The lowest BCUT2D eigenvalue weighted by molar-refractivity contribution is -0.182. The number of hydrogen-bond acceptors (Lipinski definition) is 4. The van der Waals surface area contributed by atoms with Crippen LogP contribution < -0.4 is 0 Å². The number of methoxy groups -OCH3 is 1. The monoisotopic (exact) mass is 309 g/mol. The van der Waals surface area contributed by atoms with E-state index < -0.39 is 5.97 Å². The summed E-state index contributed by atoms with van der Waals surface area (Å²) in [6.07, 6.45) is 4.54. The van der Waals surface area contributed by atoms with E-state index in [1.165, 1.54) is 12.5 Å². The lowest BCUT2D eigenvalue weighted by Crippen LogP contribution is -2.67. The third-order valence-electron chi connectivity index (χ3n) is 5.13. The maximum Gasteiger partial charge on any atom is 0.345 e. The number of amides is 1. The molecule has 1 spiro atoms. The van der Waals surface area contributed by atoms with Crippen LogP contribution in [-0.2, 0) is 4.74 Å². The summed E-state index contributed by atoms with van der Waals surface area (Å²) < 4.78 is 5.53. The van der Waals surface area contributed by atoms with Crippen molar-refractivity contribution in [2.45, 2.75) is 37.8 Å². The topological polar surface area (TPSA) is 66.8 Å². The van der Waals surface area contributed by atoms with Crippen LogP contribution in [0, 0.1) is 5.41 Å². The first-order chi connectivity index (χ1) is 9.99. The van der Waals surface area contributed by atoms with E-state index in [1.54, 1.807) is 18.1 Å². The molecular formula is C15H19NO4S. The van der Waals surface area contributed by atoms with Gasteiger partial charge in [0.05, 0.1) is 11.0 Å². The second-order valence-electron chi connectivity index (χ2n) is 5.95. The highest BCUT2D eigenvalue weighted by Gasteiger charge is 2.60. The number of hydrogen-bond donors (Lipinski definition) is 1. The highest BCUT2D eigenvalue weighted by atomic mass is 32.1. The van der Waals surface area contributed by atoms with Gasteiger partial charge in [0.1, 0.15) is 4.88 Å². The molecule has 0 saturated heterocycles. The molecule has 1 aromatic rings. The van der Waals surface area contributed by atoms with E-state index in [2.05, 4.69) is 0 Å². The Labute approximate surface area is 127 Å². The van der Waals surface area contributed by atoms with Gasteiger partial charge in [0.25, 0.3) is 5.91 Å². The second-order valence-corrected chi connectivity index (χ2v) is 7.03. The minimum atomic E-state index is -0.986. The molecule has 0 radical (unpaired) electrons. The number of carbonyl (C=O) groups is 2. The number of rotatable bonds is 4. The molecule has 2 unspecified atom stereocenters. The van der Waals surface area contributed by atoms with E-state index in [-0.39, 0.29) is 28.3 Å². The van der Waals surface area contributed by atoms with Gasteiger partial charge < -0.3 is 14.7 Å². The molecule has 6 heteroatoms. The zero-order valence-corrected chi connectivity index (χ0v) is 13.0. The molecule has 3 rings (SSSR count). The molecule has 1 aromatic heterocycles. The van der Waals surface area contributed by atoms with Crippen molar-refractivity contribution in [2.75, 3.05) is 14.2 Å². The fourth-order valence-electron chi connectivity index (χ4n) is 3.72. The Bertz CT molecular complexity index is 578. The summed E-state index contributed by atoms with van der Waals surface area (Å²) in [5, 5.41) is 8.95. The predicted molar refractivity (Wildman–Crippen MR) is 78.9 cm³/mol. The lowest BCUT2D eigenvalue weighted by Gasteiger charge is -2.62. The number of carboxylic acid groups (broad SMARTS) is 1. The van der Waals surface area contributed by atoms with E-state index in [4.69, 9.17) is 9.84 Å². The van der Waals surface area contributed by atoms with E-state index in [1.807, 2.05) is 7.05 Å². The van der Waals surface area contributed by atoms with Crippen LogP contribution in [0.15, 0.2) is 12.1 Å². The molecule has 2 saturated carbocycles. The highest BCUT2D eigenvalue weighted by Crippen LogP contribution is 2.58. The van der Waals surface area contributed by atoms with E-state index >= 15 is 0 Å². The fraction of sp³-hybridized carbons (Fsp3) is 0.600. The Hall–Kier alpha value is -1.40. The summed E-state index contributed by atoms with van der Waals surface area (Å²) in [6, 6.07) is 3.30. The Balaban J connectivity index is 1.74. The summed E-state index contributed by atoms with van der Waals surface area (Å²) in [4.78, 5) is 25.9. The predicted octanol–water partition coefficient (Wildman–Crippen LogP) is 2.48. The van der Waals surface area contributed by atoms with Crippen molar-refractivity contribution < 1.29 is 19.4 Å². The van der Waals surface area contributed by atoms with Crippen LogP contribution in [0.5, 0.6) is 0 Å². The third-order valence-corrected chi connectivity index (χ3v) is 6.19. The molecule has 21 heavy (non-hydrogen) atoms. The van der Waals surface area contributed by atoms with Gasteiger partial charge in [-0.15, -0.1) is 11.3 Å². The highest BCUT2D eigenvalue weighted by molar-refractivity contribution is 7.15. The van der Waals surface area contributed by atoms with Gasteiger partial charge >= 0.3 is 5.97 Å². The number of nitrogens with zero attached hydrogens (tertiary/aromatic N) is 1. The molecule has 114 valence electrons. The van der Waals surface area contributed by atoms with Crippen molar-refractivity contribution >= 4 is 23.2 Å². The van der Waals surface area contributed by atoms with Crippen LogP contribution in [0.2, 0.25) is 0 Å².